The van der Waals surface area contributed by atoms with Gasteiger partial charge in [-0.15, -0.1) is 0 Å². The van der Waals surface area contributed by atoms with Crippen LogP contribution in [0.1, 0.15) is 40.0 Å². The van der Waals surface area contributed by atoms with Crippen LogP contribution in [0.15, 0.2) is 0 Å². The summed E-state index contributed by atoms with van der Waals surface area (Å²) in [6.07, 6.45) is 3.08. The molecule has 0 aliphatic carbocycles. The summed E-state index contributed by atoms with van der Waals surface area (Å²) in [5.41, 5.74) is 5.55. The van der Waals surface area contributed by atoms with Gasteiger partial charge < -0.3 is 5.73 Å². The van der Waals surface area contributed by atoms with Crippen molar-refractivity contribution >= 4 is 5.78 Å². The predicted molar refractivity (Wildman–Crippen MR) is 47.3 cm³/mol. The highest BCUT2D eigenvalue weighted by Gasteiger charge is 2.06. The molecule has 0 rings (SSSR count). The molecule has 0 amide bonds. The molecule has 0 aromatic carbocycles. The van der Waals surface area contributed by atoms with Gasteiger partial charge in [-0.2, -0.15) is 0 Å². The zero-order valence-electron chi connectivity index (χ0n) is 7.76. The van der Waals surface area contributed by atoms with Gasteiger partial charge in [-0.1, -0.05) is 26.7 Å². The number of ketones is 1. The van der Waals surface area contributed by atoms with Crippen molar-refractivity contribution in [3.8, 4) is 0 Å². The number of Topliss-reactive ketones (excluding diaryl/α,β-unsaturated/α-hetero) is 1. The van der Waals surface area contributed by atoms with E-state index in [1.54, 1.807) is 6.92 Å². The highest BCUT2D eigenvalue weighted by molar-refractivity contribution is 5.80. The van der Waals surface area contributed by atoms with E-state index in [4.69, 9.17) is 5.73 Å². The molecule has 11 heavy (non-hydrogen) atoms. The van der Waals surface area contributed by atoms with E-state index in [-0.39, 0.29) is 11.8 Å². The Morgan fingerprint density at radius 2 is 1.91 bits per heavy atom. The summed E-state index contributed by atoms with van der Waals surface area (Å²) in [6.45, 7) is 5.92. The van der Waals surface area contributed by atoms with Crippen LogP contribution in [-0.4, -0.2) is 11.8 Å². The summed E-state index contributed by atoms with van der Waals surface area (Å²) in [4.78, 5) is 10.7. The quantitative estimate of drug-likeness (QED) is 0.660. The molecule has 0 radical (unpaired) electrons. The van der Waals surface area contributed by atoms with E-state index >= 15 is 0 Å². The summed E-state index contributed by atoms with van der Waals surface area (Å²) in [7, 11) is 0. The lowest BCUT2D eigenvalue weighted by molar-refractivity contribution is -0.118. The maximum atomic E-state index is 10.7. The molecule has 2 heteroatoms. The standard InChI is InChI=1S/C9H19NO/c1-7(2)5-4-6-9(10)8(3)11/h7,9H,4-6,10H2,1-3H3/t9-/m0/s1. The van der Waals surface area contributed by atoms with Crippen LogP contribution in [0.3, 0.4) is 0 Å². The van der Waals surface area contributed by atoms with Crippen molar-refractivity contribution in [2.24, 2.45) is 11.7 Å². The molecule has 0 spiro atoms. The minimum atomic E-state index is -0.228. The lowest BCUT2D eigenvalue weighted by atomic mass is 10.0. The third-order valence-corrected chi connectivity index (χ3v) is 1.82. The molecule has 0 bridgehead atoms. The van der Waals surface area contributed by atoms with Gasteiger partial charge in [-0.3, -0.25) is 4.79 Å². The van der Waals surface area contributed by atoms with Crippen LogP contribution < -0.4 is 5.73 Å². The molecule has 0 saturated carbocycles. The second-order valence-electron chi connectivity index (χ2n) is 3.54. The number of carbonyl (C=O) groups excluding carboxylic acids is 1. The van der Waals surface area contributed by atoms with Gasteiger partial charge in [0.25, 0.3) is 0 Å². The van der Waals surface area contributed by atoms with Gasteiger partial charge in [-0.05, 0) is 19.3 Å². The number of hydrogen-bond donors (Lipinski definition) is 1. The maximum absolute atomic E-state index is 10.7. The minimum absolute atomic E-state index is 0.105. The summed E-state index contributed by atoms with van der Waals surface area (Å²) in [5.74, 6) is 0.822. The average Bonchev–Trinajstić information content (AvgIpc) is 1.86. The number of rotatable bonds is 5. The molecule has 0 aromatic rings. The zero-order valence-corrected chi connectivity index (χ0v) is 7.76. The van der Waals surface area contributed by atoms with Crippen molar-refractivity contribution in [3.05, 3.63) is 0 Å². The molecule has 0 fully saturated rings. The summed E-state index contributed by atoms with van der Waals surface area (Å²) in [6, 6.07) is -0.228. The topological polar surface area (TPSA) is 43.1 Å². The molecular formula is C9H19NO. The van der Waals surface area contributed by atoms with Crippen LogP contribution in [0.5, 0.6) is 0 Å². The SMILES string of the molecule is CC(=O)[C@@H](N)CCCC(C)C. The van der Waals surface area contributed by atoms with E-state index in [2.05, 4.69) is 13.8 Å². The number of hydrogen-bond acceptors (Lipinski definition) is 2. The number of nitrogens with two attached hydrogens (primary N) is 1. The normalized spacial score (nSPS) is 13.5. The molecule has 1 atom stereocenters. The highest BCUT2D eigenvalue weighted by atomic mass is 16.1. The van der Waals surface area contributed by atoms with Crippen LogP contribution in [-0.2, 0) is 4.79 Å². The van der Waals surface area contributed by atoms with Crippen molar-refractivity contribution < 1.29 is 4.79 Å². The van der Waals surface area contributed by atoms with Gasteiger partial charge in [-0.25, -0.2) is 0 Å². The lowest BCUT2D eigenvalue weighted by Crippen LogP contribution is -2.27. The van der Waals surface area contributed by atoms with Crippen LogP contribution in [0.25, 0.3) is 0 Å². The Hall–Kier alpha value is -0.370. The van der Waals surface area contributed by atoms with Gasteiger partial charge in [0, 0.05) is 0 Å². The fraction of sp³-hybridized carbons (Fsp3) is 0.889. The first-order valence-corrected chi connectivity index (χ1v) is 4.30. The molecule has 2 nitrogen and oxygen atoms in total. The Labute approximate surface area is 69.2 Å². The molecule has 0 aliphatic rings. The zero-order chi connectivity index (χ0) is 8.85. The van der Waals surface area contributed by atoms with Crippen molar-refractivity contribution in [3.63, 3.8) is 0 Å². The first-order chi connectivity index (χ1) is 5.04. The number of carbonyl (C=O) groups is 1. The average molecular weight is 157 g/mol. The maximum Gasteiger partial charge on any atom is 0.146 e. The van der Waals surface area contributed by atoms with Crippen molar-refractivity contribution in [2.45, 2.75) is 46.1 Å². The third-order valence-electron chi connectivity index (χ3n) is 1.82. The molecule has 0 aliphatic heterocycles. The Kier molecular flexibility index (Phi) is 5.12. The Morgan fingerprint density at radius 3 is 2.27 bits per heavy atom. The second kappa shape index (κ2) is 5.30. The van der Waals surface area contributed by atoms with E-state index in [0.717, 1.165) is 12.8 Å². The van der Waals surface area contributed by atoms with Crippen LogP contribution in [0, 0.1) is 5.92 Å². The van der Waals surface area contributed by atoms with E-state index in [1.165, 1.54) is 6.42 Å². The molecule has 0 aromatic heterocycles. The van der Waals surface area contributed by atoms with Crippen molar-refractivity contribution in [1.82, 2.24) is 0 Å². The smallest absolute Gasteiger partial charge is 0.146 e. The lowest BCUT2D eigenvalue weighted by Gasteiger charge is -2.08. The molecule has 66 valence electrons. The van der Waals surface area contributed by atoms with Crippen LogP contribution >= 0.6 is 0 Å². The Morgan fingerprint density at radius 1 is 1.36 bits per heavy atom. The first kappa shape index (κ1) is 10.6. The van der Waals surface area contributed by atoms with Crippen molar-refractivity contribution in [2.75, 3.05) is 0 Å². The molecule has 0 saturated heterocycles. The summed E-state index contributed by atoms with van der Waals surface area (Å²) >= 11 is 0. The summed E-state index contributed by atoms with van der Waals surface area (Å²) < 4.78 is 0. The monoisotopic (exact) mass is 157 g/mol. The Bertz CT molecular complexity index is 121. The summed E-state index contributed by atoms with van der Waals surface area (Å²) in [5, 5.41) is 0. The predicted octanol–water partition coefficient (Wildman–Crippen LogP) is 1.73. The molecular weight excluding hydrogens is 138 g/mol. The highest BCUT2D eigenvalue weighted by Crippen LogP contribution is 2.07. The molecule has 0 unspecified atom stereocenters. The van der Waals surface area contributed by atoms with Crippen LogP contribution in [0.4, 0.5) is 0 Å². The largest absolute Gasteiger partial charge is 0.322 e. The fourth-order valence-electron chi connectivity index (χ4n) is 0.949. The van der Waals surface area contributed by atoms with Gasteiger partial charge in [0.1, 0.15) is 5.78 Å². The van der Waals surface area contributed by atoms with Crippen LogP contribution in [0.2, 0.25) is 0 Å². The third kappa shape index (κ3) is 6.05. The van der Waals surface area contributed by atoms with Gasteiger partial charge in [0.15, 0.2) is 0 Å². The van der Waals surface area contributed by atoms with Gasteiger partial charge in [0.2, 0.25) is 0 Å². The first-order valence-electron chi connectivity index (χ1n) is 4.30. The van der Waals surface area contributed by atoms with E-state index in [1.807, 2.05) is 0 Å². The van der Waals surface area contributed by atoms with Gasteiger partial charge >= 0.3 is 0 Å². The van der Waals surface area contributed by atoms with E-state index in [9.17, 15) is 4.79 Å². The van der Waals surface area contributed by atoms with E-state index < -0.39 is 0 Å². The molecule has 2 N–H and O–H groups in total. The molecule has 0 heterocycles. The van der Waals surface area contributed by atoms with Gasteiger partial charge in [0.05, 0.1) is 6.04 Å². The van der Waals surface area contributed by atoms with Crippen molar-refractivity contribution in [1.29, 1.82) is 0 Å². The second-order valence-corrected chi connectivity index (χ2v) is 3.54. The fourth-order valence-corrected chi connectivity index (χ4v) is 0.949. The van der Waals surface area contributed by atoms with E-state index in [0.29, 0.717) is 5.92 Å². The minimum Gasteiger partial charge on any atom is -0.322 e. The Balaban J connectivity index is 3.31.